The van der Waals surface area contributed by atoms with Gasteiger partial charge in [-0.05, 0) is 49.2 Å². The molecule has 1 amide bonds. The van der Waals surface area contributed by atoms with E-state index >= 15 is 0 Å². The van der Waals surface area contributed by atoms with Crippen LogP contribution in [0.5, 0.6) is 0 Å². The van der Waals surface area contributed by atoms with Gasteiger partial charge in [0, 0.05) is 6.42 Å². The van der Waals surface area contributed by atoms with Crippen LogP contribution in [0.4, 0.5) is 0 Å². The number of carbonyl (C=O) groups is 1. The first-order chi connectivity index (χ1) is 10.5. The molecule has 1 aromatic rings. The Balaban J connectivity index is 1.91. The number of hydrogen-bond acceptors (Lipinski definition) is 2. The molecular weight excluding hydrogens is 272 g/mol. The fraction of sp³-hybridized carbons (Fsp3) is 0.632. The standard InChI is InChI=1S/C19H30N2O/c1-19(2,3)18(16-7-5-4-6-8-16)21-17(22)10-9-15-11-13-20-14-12-15/h4-8,15,18,20H,9-14H2,1-3H3,(H,21,22). The van der Waals surface area contributed by atoms with E-state index in [4.69, 9.17) is 0 Å². The number of carbonyl (C=O) groups excluding carboxylic acids is 1. The molecule has 1 saturated heterocycles. The van der Waals surface area contributed by atoms with E-state index in [1.165, 1.54) is 18.4 Å². The van der Waals surface area contributed by atoms with Gasteiger partial charge in [-0.1, -0.05) is 51.1 Å². The number of hydrogen-bond donors (Lipinski definition) is 2. The van der Waals surface area contributed by atoms with Crippen LogP contribution in [0.2, 0.25) is 0 Å². The first-order valence-corrected chi connectivity index (χ1v) is 8.52. The Labute approximate surface area is 134 Å². The lowest BCUT2D eigenvalue weighted by Crippen LogP contribution is -2.37. The Morgan fingerprint density at radius 1 is 1.23 bits per heavy atom. The maximum Gasteiger partial charge on any atom is 0.220 e. The number of piperidine rings is 1. The molecule has 0 radical (unpaired) electrons. The van der Waals surface area contributed by atoms with Crippen molar-refractivity contribution < 1.29 is 4.79 Å². The maximum atomic E-state index is 12.4. The molecule has 0 aromatic heterocycles. The Morgan fingerprint density at radius 3 is 2.45 bits per heavy atom. The number of rotatable bonds is 5. The van der Waals surface area contributed by atoms with Crippen molar-refractivity contribution in [3.63, 3.8) is 0 Å². The average Bonchev–Trinajstić information content (AvgIpc) is 2.51. The van der Waals surface area contributed by atoms with Crippen molar-refractivity contribution in [2.45, 2.75) is 52.5 Å². The van der Waals surface area contributed by atoms with Gasteiger partial charge in [0.05, 0.1) is 6.04 Å². The minimum Gasteiger partial charge on any atom is -0.349 e. The Morgan fingerprint density at radius 2 is 1.86 bits per heavy atom. The van der Waals surface area contributed by atoms with Crippen molar-refractivity contribution in [2.75, 3.05) is 13.1 Å². The summed E-state index contributed by atoms with van der Waals surface area (Å²) >= 11 is 0. The van der Waals surface area contributed by atoms with Gasteiger partial charge in [0.15, 0.2) is 0 Å². The molecule has 0 spiro atoms. The van der Waals surface area contributed by atoms with E-state index < -0.39 is 0 Å². The van der Waals surface area contributed by atoms with Gasteiger partial charge in [-0.25, -0.2) is 0 Å². The second-order valence-electron chi connectivity index (χ2n) is 7.51. The molecule has 1 fully saturated rings. The topological polar surface area (TPSA) is 41.1 Å². The average molecular weight is 302 g/mol. The first-order valence-electron chi connectivity index (χ1n) is 8.52. The number of amides is 1. The van der Waals surface area contributed by atoms with Crippen molar-refractivity contribution in [1.29, 1.82) is 0 Å². The van der Waals surface area contributed by atoms with Crippen molar-refractivity contribution in [3.05, 3.63) is 35.9 Å². The highest BCUT2D eigenvalue weighted by molar-refractivity contribution is 5.76. The summed E-state index contributed by atoms with van der Waals surface area (Å²) in [7, 11) is 0. The molecule has 1 aliphatic heterocycles. The summed E-state index contributed by atoms with van der Waals surface area (Å²) in [4.78, 5) is 12.4. The van der Waals surface area contributed by atoms with Crippen LogP contribution in [-0.4, -0.2) is 19.0 Å². The second-order valence-corrected chi connectivity index (χ2v) is 7.51. The van der Waals surface area contributed by atoms with E-state index in [-0.39, 0.29) is 17.4 Å². The molecule has 1 aromatic carbocycles. The summed E-state index contributed by atoms with van der Waals surface area (Å²) in [6.07, 6.45) is 4.06. The lowest BCUT2D eigenvalue weighted by Gasteiger charge is -2.32. The summed E-state index contributed by atoms with van der Waals surface area (Å²) in [5.41, 5.74) is 1.19. The monoisotopic (exact) mass is 302 g/mol. The summed E-state index contributed by atoms with van der Waals surface area (Å²) in [6.45, 7) is 8.73. The minimum absolute atomic E-state index is 0.00573. The highest BCUT2D eigenvalue weighted by Gasteiger charge is 2.27. The Bertz CT molecular complexity index is 458. The van der Waals surface area contributed by atoms with E-state index in [2.05, 4.69) is 43.5 Å². The smallest absolute Gasteiger partial charge is 0.220 e. The molecule has 0 bridgehead atoms. The molecule has 0 saturated carbocycles. The van der Waals surface area contributed by atoms with Gasteiger partial charge in [-0.2, -0.15) is 0 Å². The van der Waals surface area contributed by atoms with Gasteiger partial charge in [0.1, 0.15) is 0 Å². The van der Waals surface area contributed by atoms with Gasteiger partial charge < -0.3 is 10.6 Å². The van der Waals surface area contributed by atoms with Crippen LogP contribution in [0.1, 0.15) is 58.1 Å². The van der Waals surface area contributed by atoms with Crippen LogP contribution >= 0.6 is 0 Å². The molecule has 3 heteroatoms. The van der Waals surface area contributed by atoms with Crippen molar-refractivity contribution in [1.82, 2.24) is 10.6 Å². The zero-order valence-corrected chi connectivity index (χ0v) is 14.2. The molecule has 2 N–H and O–H groups in total. The quantitative estimate of drug-likeness (QED) is 0.871. The fourth-order valence-electron chi connectivity index (χ4n) is 3.18. The zero-order valence-electron chi connectivity index (χ0n) is 14.2. The predicted octanol–water partition coefficient (Wildman–Crippen LogP) is 3.67. The van der Waals surface area contributed by atoms with Gasteiger partial charge in [-0.3, -0.25) is 4.79 Å². The largest absolute Gasteiger partial charge is 0.349 e. The van der Waals surface area contributed by atoms with Gasteiger partial charge in [0.25, 0.3) is 0 Å². The molecular formula is C19H30N2O. The molecule has 0 aliphatic carbocycles. The number of nitrogens with one attached hydrogen (secondary N) is 2. The molecule has 22 heavy (non-hydrogen) atoms. The molecule has 1 aliphatic rings. The summed E-state index contributed by atoms with van der Waals surface area (Å²) in [5.74, 6) is 0.888. The fourth-order valence-corrected chi connectivity index (χ4v) is 3.18. The summed E-state index contributed by atoms with van der Waals surface area (Å²) < 4.78 is 0. The third kappa shape index (κ3) is 5.13. The Hall–Kier alpha value is -1.35. The normalized spacial score (nSPS) is 18.0. The SMILES string of the molecule is CC(C)(C)C(NC(=O)CCC1CCNCC1)c1ccccc1. The van der Waals surface area contributed by atoms with Gasteiger partial charge >= 0.3 is 0 Å². The molecule has 3 nitrogen and oxygen atoms in total. The Kier molecular flexibility index (Phi) is 6.01. The summed E-state index contributed by atoms with van der Waals surface area (Å²) in [5, 5.41) is 6.63. The van der Waals surface area contributed by atoms with Crippen LogP contribution in [0, 0.1) is 11.3 Å². The number of benzene rings is 1. The minimum atomic E-state index is 0.00573. The highest BCUT2D eigenvalue weighted by Crippen LogP contribution is 2.32. The van der Waals surface area contributed by atoms with Crippen molar-refractivity contribution in [3.8, 4) is 0 Å². The van der Waals surface area contributed by atoms with E-state index in [0.717, 1.165) is 19.5 Å². The van der Waals surface area contributed by atoms with Crippen LogP contribution in [0.25, 0.3) is 0 Å². The lowest BCUT2D eigenvalue weighted by atomic mass is 9.82. The van der Waals surface area contributed by atoms with E-state index in [0.29, 0.717) is 12.3 Å². The molecule has 122 valence electrons. The highest BCUT2D eigenvalue weighted by atomic mass is 16.1. The van der Waals surface area contributed by atoms with Gasteiger partial charge in [0.2, 0.25) is 5.91 Å². The van der Waals surface area contributed by atoms with Crippen LogP contribution in [0.3, 0.4) is 0 Å². The predicted molar refractivity (Wildman–Crippen MR) is 91.6 cm³/mol. The molecule has 2 rings (SSSR count). The lowest BCUT2D eigenvalue weighted by molar-refractivity contribution is -0.123. The second kappa shape index (κ2) is 7.77. The third-order valence-electron chi connectivity index (χ3n) is 4.54. The molecule has 1 unspecified atom stereocenters. The molecule has 1 heterocycles. The van der Waals surface area contributed by atoms with Crippen LogP contribution in [-0.2, 0) is 4.79 Å². The van der Waals surface area contributed by atoms with Crippen molar-refractivity contribution >= 4 is 5.91 Å². The van der Waals surface area contributed by atoms with E-state index in [1.54, 1.807) is 0 Å². The van der Waals surface area contributed by atoms with E-state index in [1.807, 2.05) is 18.2 Å². The van der Waals surface area contributed by atoms with Crippen LogP contribution < -0.4 is 10.6 Å². The van der Waals surface area contributed by atoms with Gasteiger partial charge in [-0.15, -0.1) is 0 Å². The maximum absolute atomic E-state index is 12.4. The van der Waals surface area contributed by atoms with Crippen LogP contribution in [0.15, 0.2) is 30.3 Å². The zero-order chi connectivity index (χ0) is 16.0. The molecule has 1 atom stereocenters. The van der Waals surface area contributed by atoms with Crippen molar-refractivity contribution in [2.24, 2.45) is 11.3 Å². The third-order valence-corrected chi connectivity index (χ3v) is 4.54. The first kappa shape index (κ1) is 17.0. The summed E-state index contributed by atoms with van der Waals surface area (Å²) in [6, 6.07) is 10.4. The van der Waals surface area contributed by atoms with E-state index in [9.17, 15) is 4.79 Å².